The second kappa shape index (κ2) is 7.21. The SMILES string of the molecule is CCCNC1CC(C)CC(C)C1Oc1cc(F)ccc1F. The molecule has 0 heterocycles. The van der Waals surface area contributed by atoms with Gasteiger partial charge in [0.1, 0.15) is 11.9 Å². The van der Waals surface area contributed by atoms with Crippen molar-refractivity contribution in [1.82, 2.24) is 5.32 Å². The van der Waals surface area contributed by atoms with Gasteiger partial charge >= 0.3 is 0 Å². The Hall–Kier alpha value is -1.16. The van der Waals surface area contributed by atoms with E-state index < -0.39 is 11.6 Å². The Balaban J connectivity index is 2.14. The number of rotatable bonds is 5. The highest BCUT2D eigenvalue weighted by Gasteiger charge is 2.35. The van der Waals surface area contributed by atoms with Gasteiger partial charge in [0, 0.05) is 12.1 Å². The molecule has 118 valence electrons. The van der Waals surface area contributed by atoms with Crippen LogP contribution in [0.4, 0.5) is 8.78 Å². The van der Waals surface area contributed by atoms with Crippen LogP contribution >= 0.6 is 0 Å². The van der Waals surface area contributed by atoms with E-state index >= 15 is 0 Å². The first-order chi connectivity index (χ1) is 10.0. The zero-order valence-electron chi connectivity index (χ0n) is 13.0. The van der Waals surface area contributed by atoms with E-state index in [0.717, 1.165) is 44.0 Å². The first-order valence-corrected chi connectivity index (χ1v) is 7.86. The summed E-state index contributed by atoms with van der Waals surface area (Å²) in [6.45, 7) is 7.38. The number of hydrogen-bond donors (Lipinski definition) is 1. The summed E-state index contributed by atoms with van der Waals surface area (Å²) < 4.78 is 33.0. The first-order valence-electron chi connectivity index (χ1n) is 7.86. The Morgan fingerprint density at radius 3 is 2.71 bits per heavy atom. The molecule has 1 saturated carbocycles. The summed E-state index contributed by atoms with van der Waals surface area (Å²) >= 11 is 0. The van der Waals surface area contributed by atoms with Crippen LogP contribution in [0.2, 0.25) is 0 Å². The molecule has 0 aromatic heterocycles. The van der Waals surface area contributed by atoms with Gasteiger partial charge in [-0.05, 0) is 49.8 Å². The molecular formula is C17H25F2NO. The molecule has 0 radical (unpaired) electrons. The zero-order valence-corrected chi connectivity index (χ0v) is 13.0. The quantitative estimate of drug-likeness (QED) is 0.881. The van der Waals surface area contributed by atoms with Gasteiger partial charge in [0.05, 0.1) is 0 Å². The average Bonchev–Trinajstić information content (AvgIpc) is 2.43. The number of benzene rings is 1. The van der Waals surface area contributed by atoms with Crippen LogP contribution < -0.4 is 10.1 Å². The topological polar surface area (TPSA) is 21.3 Å². The molecule has 1 aliphatic carbocycles. The Morgan fingerprint density at radius 1 is 1.24 bits per heavy atom. The van der Waals surface area contributed by atoms with Gasteiger partial charge in [-0.2, -0.15) is 0 Å². The summed E-state index contributed by atoms with van der Waals surface area (Å²) in [4.78, 5) is 0. The van der Waals surface area contributed by atoms with Crippen LogP contribution in [0.25, 0.3) is 0 Å². The van der Waals surface area contributed by atoms with Crippen LogP contribution in [0.3, 0.4) is 0 Å². The van der Waals surface area contributed by atoms with Crippen molar-refractivity contribution in [3.8, 4) is 5.75 Å². The lowest BCUT2D eigenvalue weighted by atomic mass is 9.78. The van der Waals surface area contributed by atoms with Crippen molar-refractivity contribution in [3.63, 3.8) is 0 Å². The summed E-state index contributed by atoms with van der Waals surface area (Å²) in [5.74, 6) is -0.0280. The minimum atomic E-state index is -0.503. The lowest BCUT2D eigenvalue weighted by molar-refractivity contribution is 0.0446. The number of hydrogen-bond acceptors (Lipinski definition) is 2. The maximum absolute atomic E-state index is 13.8. The lowest BCUT2D eigenvalue weighted by Crippen LogP contribution is -2.51. The highest BCUT2D eigenvalue weighted by molar-refractivity contribution is 5.25. The molecule has 1 aliphatic rings. The molecule has 0 bridgehead atoms. The Morgan fingerprint density at radius 2 is 2.00 bits per heavy atom. The summed E-state index contributed by atoms with van der Waals surface area (Å²) in [6, 6.07) is 3.56. The molecule has 0 saturated heterocycles. The molecule has 1 aromatic rings. The van der Waals surface area contributed by atoms with Crippen LogP contribution in [0.15, 0.2) is 18.2 Å². The minimum absolute atomic E-state index is 0.0182. The van der Waals surface area contributed by atoms with Crippen molar-refractivity contribution in [3.05, 3.63) is 29.8 Å². The maximum atomic E-state index is 13.8. The molecule has 4 unspecified atom stereocenters. The van der Waals surface area contributed by atoms with Crippen LogP contribution in [-0.2, 0) is 0 Å². The third kappa shape index (κ3) is 4.16. The van der Waals surface area contributed by atoms with Crippen LogP contribution in [0, 0.1) is 23.5 Å². The molecule has 1 fully saturated rings. The van der Waals surface area contributed by atoms with Crippen molar-refractivity contribution in [2.45, 2.75) is 52.2 Å². The average molecular weight is 297 g/mol. The highest BCUT2D eigenvalue weighted by atomic mass is 19.1. The van der Waals surface area contributed by atoms with E-state index in [4.69, 9.17) is 4.74 Å². The van der Waals surface area contributed by atoms with Gasteiger partial charge in [0.2, 0.25) is 0 Å². The normalized spacial score (nSPS) is 29.4. The summed E-state index contributed by atoms with van der Waals surface area (Å²) in [6.07, 6.45) is 2.97. The third-order valence-corrected chi connectivity index (χ3v) is 4.20. The molecule has 2 nitrogen and oxygen atoms in total. The lowest BCUT2D eigenvalue weighted by Gasteiger charge is -2.40. The molecular weight excluding hydrogens is 272 g/mol. The maximum Gasteiger partial charge on any atom is 0.165 e. The largest absolute Gasteiger partial charge is 0.485 e. The molecule has 21 heavy (non-hydrogen) atoms. The van der Waals surface area contributed by atoms with E-state index in [1.165, 1.54) is 0 Å². The van der Waals surface area contributed by atoms with Gasteiger partial charge in [0.15, 0.2) is 11.6 Å². The second-order valence-electron chi connectivity index (χ2n) is 6.27. The van der Waals surface area contributed by atoms with Gasteiger partial charge in [0.25, 0.3) is 0 Å². The summed E-state index contributed by atoms with van der Waals surface area (Å²) in [7, 11) is 0. The molecule has 1 N–H and O–H groups in total. The Bertz CT molecular complexity index is 466. The number of nitrogens with one attached hydrogen (secondary N) is 1. The van der Waals surface area contributed by atoms with E-state index in [-0.39, 0.29) is 17.9 Å². The van der Waals surface area contributed by atoms with Crippen molar-refractivity contribution < 1.29 is 13.5 Å². The van der Waals surface area contributed by atoms with Gasteiger partial charge in [-0.3, -0.25) is 0 Å². The predicted octanol–water partition coefficient (Wildman–Crippen LogP) is 4.15. The van der Waals surface area contributed by atoms with Gasteiger partial charge < -0.3 is 10.1 Å². The highest BCUT2D eigenvalue weighted by Crippen LogP contribution is 2.33. The fourth-order valence-electron chi connectivity index (χ4n) is 3.27. The van der Waals surface area contributed by atoms with Gasteiger partial charge in [-0.1, -0.05) is 20.8 Å². The standard InChI is InChI=1S/C17H25F2NO/c1-4-7-20-15-9-11(2)8-12(3)17(15)21-16-10-13(18)5-6-14(16)19/h5-6,10-12,15,17,20H,4,7-9H2,1-3H3. The van der Waals surface area contributed by atoms with E-state index in [0.29, 0.717) is 11.8 Å². The fourth-order valence-corrected chi connectivity index (χ4v) is 3.27. The second-order valence-corrected chi connectivity index (χ2v) is 6.27. The van der Waals surface area contributed by atoms with Crippen LogP contribution in [-0.4, -0.2) is 18.7 Å². The number of ether oxygens (including phenoxy) is 1. The molecule has 4 atom stereocenters. The summed E-state index contributed by atoms with van der Waals surface area (Å²) in [5, 5.41) is 3.50. The van der Waals surface area contributed by atoms with Crippen LogP contribution in [0.1, 0.15) is 40.0 Å². The van der Waals surface area contributed by atoms with Gasteiger partial charge in [-0.15, -0.1) is 0 Å². The Kier molecular flexibility index (Phi) is 5.57. The van der Waals surface area contributed by atoms with E-state index in [1.807, 2.05) is 0 Å². The molecule has 2 rings (SSSR count). The zero-order chi connectivity index (χ0) is 15.4. The first kappa shape index (κ1) is 16.2. The molecule has 0 aliphatic heterocycles. The van der Waals surface area contributed by atoms with Gasteiger partial charge in [-0.25, -0.2) is 8.78 Å². The van der Waals surface area contributed by atoms with E-state index in [2.05, 4.69) is 26.1 Å². The molecule has 4 heteroatoms. The monoisotopic (exact) mass is 297 g/mol. The van der Waals surface area contributed by atoms with E-state index in [1.54, 1.807) is 0 Å². The van der Waals surface area contributed by atoms with Crippen LogP contribution in [0.5, 0.6) is 5.75 Å². The predicted molar refractivity (Wildman–Crippen MR) is 80.4 cm³/mol. The minimum Gasteiger partial charge on any atom is -0.485 e. The van der Waals surface area contributed by atoms with Crippen molar-refractivity contribution >= 4 is 0 Å². The van der Waals surface area contributed by atoms with E-state index in [9.17, 15) is 8.78 Å². The molecule has 0 amide bonds. The number of halogens is 2. The fraction of sp³-hybridized carbons (Fsp3) is 0.647. The summed E-state index contributed by atoms with van der Waals surface area (Å²) in [5.41, 5.74) is 0. The van der Waals surface area contributed by atoms with Crippen molar-refractivity contribution in [2.24, 2.45) is 11.8 Å². The third-order valence-electron chi connectivity index (χ3n) is 4.20. The smallest absolute Gasteiger partial charge is 0.165 e. The van der Waals surface area contributed by atoms with Crippen molar-refractivity contribution in [1.29, 1.82) is 0 Å². The van der Waals surface area contributed by atoms with Crippen molar-refractivity contribution in [2.75, 3.05) is 6.54 Å². The molecule has 1 aromatic carbocycles. The molecule has 0 spiro atoms. The Labute approximate surface area is 125 Å².